The van der Waals surface area contributed by atoms with Crippen molar-refractivity contribution in [3.8, 4) is 0 Å². The smallest absolute Gasteiger partial charge is 0.288 e. The first-order valence-corrected chi connectivity index (χ1v) is 6.34. The molecule has 8 nitrogen and oxygen atoms in total. The number of nitro groups is 1. The minimum Gasteiger partial charge on any atom is -0.365 e. The molecule has 0 aliphatic carbocycles. The van der Waals surface area contributed by atoms with Gasteiger partial charge >= 0.3 is 0 Å². The van der Waals surface area contributed by atoms with Gasteiger partial charge in [-0.25, -0.2) is 10.0 Å². The second-order valence-electron chi connectivity index (χ2n) is 4.44. The monoisotopic (exact) mass is 302 g/mol. The van der Waals surface area contributed by atoms with Crippen molar-refractivity contribution in [3.63, 3.8) is 0 Å². The highest BCUT2D eigenvalue weighted by atomic mass is 16.7. The zero-order valence-electron chi connectivity index (χ0n) is 11.8. The standard InChI is InChI=1S/C14H14N4O4/c1-17(22-9-10-5-3-2-4-6-10)14-12(13(15)19)7-11(8-16-14)18(20)21/h2-8H,9H2,1H3,(H2,15,19). The SMILES string of the molecule is CN(OCc1ccccc1)c1ncc([N+](=O)[O-])cc1C(N)=O. The van der Waals surface area contributed by atoms with Crippen molar-refractivity contribution in [2.24, 2.45) is 5.73 Å². The second-order valence-corrected chi connectivity index (χ2v) is 4.44. The van der Waals surface area contributed by atoms with E-state index in [1.165, 1.54) is 5.06 Å². The number of carbonyl (C=O) groups is 1. The van der Waals surface area contributed by atoms with Crippen LogP contribution in [0.2, 0.25) is 0 Å². The minimum atomic E-state index is -0.818. The van der Waals surface area contributed by atoms with E-state index in [4.69, 9.17) is 10.6 Å². The lowest BCUT2D eigenvalue weighted by Crippen LogP contribution is -2.24. The lowest BCUT2D eigenvalue weighted by molar-refractivity contribution is -0.385. The molecule has 0 saturated heterocycles. The molecular formula is C14H14N4O4. The maximum Gasteiger partial charge on any atom is 0.288 e. The third-order valence-electron chi connectivity index (χ3n) is 2.89. The van der Waals surface area contributed by atoms with Crippen LogP contribution >= 0.6 is 0 Å². The first-order valence-electron chi connectivity index (χ1n) is 6.34. The summed E-state index contributed by atoms with van der Waals surface area (Å²) < 4.78 is 0. The summed E-state index contributed by atoms with van der Waals surface area (Å²) in [5.41, 5.74) is 5.78. The molecule has 2 N–H and O–H groups in total. The van der Waals surface area contributed by atoms with Gasteiger partial charge in [0.1, 0.15) is 6.20 Å². The van der Waals surface area contributed by atoms with Crippen LogP contribution in [-0.4, -0.2) is 22.9 Å². The molecular weight excluding hydrogens is 288 g/mol. The number of primary amides is 1. The molecule has 1 aromatic carbocycles. The summed E-state index contributed by atoms with van der Waals surface area (Å²) >= 11 is 0. The van der Waals surface area contributed by atoms with E-state index in [0.717, 1.165) is 17.8 Å². The van der Waals surface area contributed by atoms with Gasteiger partial charge in [0.2, 0.25) is 0 Å². The lowest BCUT2D eigenvalue weighted by atomic mass is 10.2. The third kappa shape index (κ3) is 3.55. The summed E-state index contributed by atoms with van der Waals surface area (Å²) in [7, 11) is 1.55. The number of nitrogens with two attached hydrogens (primary N) is 1. The number of aromatic nitrogens is 1. The van der Waals surface area contributed by atoms with Crippen molar-refractivity contribution in [1.29, 1.82) is 0 Å². The lowest BCUT2D eigenvalue weighted by Gasteiger charge is -2.19. The molecule has 1 amide bonds. The zero-order chi connectivity index (χ0) is 16.1. The second kappa shape index (κ2) is 6.64. The number of pyridine rings is 1. The van der Waals surface area contributed by atoms with Crippen LogP contribution in [0.5, 0.6) is 0 Å². The summed E-state index contributed by atoms with van der Waals surface area (Å²) in [5.74, 6) is -0.699. The number of rotatable bonds is 6. The number of anilines is 1. The van der Waals surface area contributed by atoms with E-state index in [2.05, 4.69) is 4.98 Å². The largest absolute Gasteiger partial charge is 0.365 e. The Morgan fingerprint density at radius 1 is 1.41 bits per heavy atom. The number of hydrogen-bond donors (Lipinski definition) is 1. The van der Waals surface area contributed by atoms with Crippen molar-refractivity contribution >= 4 is 17.4 Å². The van der Waals surface area contributed by atoms with E-state index >= 15 is 0 Å². The van der Waals surface area contributed by atoms with Crippen molar-refractivity contribution in [2.45, 2.75) is 6.61 Å². The van der Waals surface area contributed by atoms with Crippen LogP contribution in [0, 0.1) is 10.1 Å². The zero-order valence-corrected chi connectivity index (χ0v) is 11.8. The molecule has 0 atom stereocenters. The highest BCUT2D eigenvalue weighted by molar-refractivity contribution is 5.98. The summed E-state index contributed by atoms with van der Waals surface area (Å²) in [6.07, 6.45) is 1.05. The Morgan fingerprint density at radius 2 is 2.09 bits per heavy atom. The van der Waals surface area contributed by atoms with Crippen molar-refractivity contribution in [2.75, 3.05) is 12.1 Å². The Morgan fingerprint density at radius 3 is 2.68 bits per heavy atom. The number of benzene rings is 1. The summed E-state index contributed by atoms with van der Waals surface area (Å²) in [5, 5.41) is 12.0. The molecule has 8 heteroatoms. The van der Waals surface area contributed by atoms with Gasteiger partial charge in [0.25, 0.3) is 11.6 Å². The van der Waals surface area contributed by atoms with Gasteiger partial charge in [0.05, 0.1) is 17.1 Å². The molecule has 114 valence electrons. The van der Waals surface area contributed by atoms with Crippen LogP contribution in [0.1, 0.15) is 15.9 Å². The molecule has 2 aromatic rings. The molecule has 0 saturated carbocycles. The molecule has 0 unspecified atom stereocenters. The van der Waals surface area contributed by atoms with Crippen LogP contribution < -0.4 is 10.8 Å². The molecule has 0 fully saturated rings. The van der Waals surface area contributed by atoms with Crippen molar-refractivity contribution in [1.82, 2.24) is 4.98 Å². The molecule has 0 bridgehead atoms. The number of hydrogen-bond acceptors (Lipinski definition) is 6. The highest BCUT2D eigenvalue weighted by Gasteiger charge is 2.19. The van der Waals surface area contributed by atoms with Crippen molar-refractivity contribution in [3.05, 3.63) is 63.8 Å². The van der Waals surface area contributed by atoms with Gasteiger partial charge in [-0.2, -0.15) is 0 Å². The topological polar surface area (TPSA) is 112 Å². The first-order chi connectivity index (χ1) is 10.5. The maximum atomic E-state index is 11.5. The van der Waals surface area contributed by atoms with E-state index in [0.29, 0.717) is 0 Å². The summed E-state index contributed by atoms with van der Waals surface area (Å²) in [4.78, 5) is 30.9. The number of amides is 1. The Bertz CT molecular complexity index is 690. The number of carbonyl (C=O) groups excluding carboxylic acids is 1. The summed E-state index contributed by atoms with van der Waals surface area (Å²) in [6, 6.07) is 10.5. The quantitative estimate of drug-likeness (QED) is 0.641. The molecule has 22 heavy (non-hydrogen) atoms. The van der Waals surface area contributed by atoms with Gasteiger partial charge < -0.3 is 5.73 Å². The maximum absolute atomic E-state index is 11.5. The Balaban J connectivity index is 2.19. The Labute approximate surface area is 126 Å². The average molecular weight is 302 g/mol. The highest BCUT2D eigenvalue weighted by Crippen LogP contribution is 2.22. The number of nitrogens with zero attached hydrogens (tertiary/aromatic N) is 3. The molecule has 1 heterocycles. The third-order valence-corrected chi connectivity index (χ3v) is 2.89. The molecule has 2 rings (SSSR count). The van der Waals surface area contributed by atoms with E-state index in [9.17, 15) is 14.9 Å². The molecule has 1 aromatic heterocycles. The molecule has 0 aliphatic heterocycles. The fourth-order valence-electron chi connectivity index (χ4n) is 1.79. The van der Waals surface area contributed by atoms with Gasteiger partial charge in [-0.1, -0.05) is 30.3 Å². The fourth-order valence-corrected chi connectivity index (χ4v) is 1.79. The van der Waals surface area contributed by atoms with E-state index in [-0.39, 0.29) is 23.7 Å². The van der Waals surface area contributed by atoms with E-state index < -0.39 is 10.8 Å². The molecule has 0 radical (unpaired) electrons. The van der Waals surface area contributed by atoms with Crippen molar-refractivity contribution < 1.29 is 14.6 Å². The average Bonchev–Trinajstić information content (AvgIpc) is 2.52. The molecule has 0 spiro atoms. The van der Waals surface area contributed by atoms with Gasteiger partial charge in [-0.3, -0.25) is 19.7 Å². The van der Waals surface area contributed by atoms with Crippen LogP contribution in [0.15, 0.2) is 42.6 Å². The van der Waals surface area contributed by atoms with Crippen LogP contribution in [0.25, 0.3) is 0 Å². The normalized spacial score (nSPS) is 10.2. The Hall–Kier alpha value is -3.00. The van der Waals surface area contributed by atoms with E-state index in [1.807, 2.05) is 30.3 Å². The predicted octanol–water partition coefficient (Wildman–Crippen LogP) is 1.66. The van der Waals surface area contributed by atoms with E-state index in [1.54, 1.807) is 7.05 Å². The molecule has 0 aliphatic rings. The van der Waals surface area contributed by atoms with Gasteiger partial charge in [-0.15, -0.1) is 0 Å². The minimum absolute atomic E-state index is 0.0789. The van der Waals surface area contributed by atoms with Gasteiger partial charge in [0.15, 0.2) is 5.82 Å². The van der Waals surface area contributed by atoms with Crippen LogP contribution in [-0.2, 0) is 11.4 Å². The van der Waals surface area contributed by atoms with Gasteiger partial charge in [-0.05, 0) is 5.56 Å². The summed E-state index contributed by atoms with van der Waals surface area (Å²) in [6.45, 7) is 0.258. The Kier molecular flexibility index (Phi) is 4.64. The van der Waals surface area contributed by atoms with Gasteiger partial charge in [0, 0.05) is 13.1 Å². The van der Waals surface area contributed by atoms with Crippen LogP contribution in [0.4, 0.5) is 11.5 Å². The first kappa shape index (κ1) is 15.4. The number of hydroxylamine groups is 1. The predicted molar refractivity (Wildman–Crippen MR) is 79.0 cm³/mol. The van der Waals surface area contributed by atoms with Crippen LogP contribution in [0.3, 0.4) is 0 Å². The fraction of sp³-hybridized carbons (Fsp3) is 0.143.